The predicted molar refractivity (Wildman–Crippen MR) is 132 cm³/mol. The van der Waals surface area contributed by atoms with Gasteiger partial charge in [-0.1, -0.05) is 48.0 Å². The van der Waals surface area contributed by atoms with E-state index < -0.39 is 5.97 Å². The van der Waals surface area contributed by atoms with Crippen molar-refractivity contribution in [2.45, 2.75) is 18.9 Å². The number of carboxylic acids is 1. The number of halogens is 1. The molecule has 1 aliphatic rings. The summed E-state index contributed by atoms with van der Waals surface area (Å²) in [6, 6.07) is 24.3. The first-order chi connectivity index (χ1) is 15.4. The first-order valence-corrected chi connectivity index (χ1v) is 11.4. The summed E-state index contributed by atoms with van der Waals surface area (Å²) in [6.07, 6.45) is 2.16. The van der Waals surface area contributed by atoms with Crippen LogP contribution in [0.1, 0.15) is 34.8 Å². The van der Waals surface area contributed by atoms with Crippen LogP contribution in [-0.2, 0) is 0 Å². The van der Waals surface area contributed by atoms with E-state index >= 15 is 0 Å². The maximum Gasteiger partial charge on any atom is 0.335 e. The quantitative estimate of drug-likeness (QED) is 0.485. The van der Waals surface area contributed by atoms with E-state index in [1.54, 1.807) is 12.1 Å². The van der Waals surface area contributed by atoms with Gasteiger partial charge in [-0.05, 0) is 85.9 Å². The summed E-state index contributed by atoms with van der Waals surface area (Å²) in [5.74, 6) is -0.351. The topological polar surface area (TPSA) is 43.8 Å². The highest BCUT2D eigenvalue weighted by Crippen LogP contribution is 2.39. The van der Waals surface area contributed by atoms with Crippen LogP contribution in [0.25, 0.3) is 11.1 Å². The van der Waals surface area contributed by atoms with E-state index in [1.165, 1.54) is 16.7 Å². The molecule has 1 atom stereocenters. The number of hydrogen-bond donors (Lipinski definition) is 1. The molecule has 5 heteroatoms. The van der Waals surface area contributed by atoms with Gasteiger partial charge in [0.15, 0.2) is 0 Å². The Morgan fingerprint density at radius 3 is 2.19 bits per heavy atom. The molecule has 0 aromatic heterocycles. The van der Waals surface area contributed by atoms with E-state index in [1.807, 2.05) is 24.3 Å². The van der Waals surface area contributed by atoms with Gasteiger partial charge < -0.3 is 14.9 Å². The number of anilines is 1. The van der Waals surface area contributed by atoms with Crippen molar-refractivity contribution in [1.82, 2.24) is 4.90 Å². The van der Waals surface area contributed by atoms with Gasteiger partial charge in [-0.2, -0.15) is 0 Å². The average molecular weight is 449 g/mol. The third kappa shape index (κ3) is 4.82. The van der Waals surface area contributed by atoms with Gasteiger partial charge in [-0.25, -0.2) is 4.79 Å². The van der Waals surface area contributed by atoms with Gasteiger partial charge in [0.2, 0.25) is 0 Å². The summed E-state index contributed by atoms with van der Waals surface area (Å²) in [5, 5.41) is 9.88. The molecule has 32 heavy (non-hydrogen) atoms. The smallest absolute Gasteiger partial charge is 0.335 e. The monoisotopic (exact) mass is 448 g/mol. The normalized spacial score (nSPS) is 15.7. The highest BCUT2D eigenvalue weighted by atomic mass is 35.5. The molecule has 3 aromatic carbocycles. The van der Waals surface area contributed by atoms with Crippen LogP contribution in [0.15, 0.2) is 72.8 Å². The van der Waals surface area contributed by atoms with Crippen molar-refractivity contribution >= 4 is 23.3 Å². The summed E-state index contributed by atoms with van der Waals surface area (Å²) in [7, 11) is 4.33. The predicted octanol–water partition coefficient (Wildman–Crippen LogP) is 6.22. The standard InChI is InChI=1S/C27H29ClN2O2/c1-29(2)26(25-6-4-3-5-24(25)19-7-11-22(28)12-8-19)20-15-17-30(18-16-20)23-13-9-21(10-14-23)27(31)32/h3-14,20,26H,15-18H2,1-2H3,(H,31,32)/t26-/m1/s1. The van der Waals surface area contributed by atoms with Crippen LogP contribution >= 0.6 is 11.6 Å². The molecule has 0 saturated carbocycles. The molecule has 1 N–H and O–H groups in total. The molecule has 0 radical (unpaired) electrons. The molecule has 0 aliphatic carbocycles. The molecule has 166 valence electrons. The molecule has 4 nitrogen and oxygen atoms in total. The van der Waals surface area contributed by atoms with E-state index in [9.17, 15) is 4.79 Å². The molecule has 1 fully saturated rings. The van der Waals surface area contributed by atoms with Crippen LogP contribution in [0.2, 0.25) is 5.02 Å². The minimum atomic E-state index is -0.886. The number of hydrogen-bond acceptors (Lipinski definition) is 3. The summed E-state index contributed by atoms with van der Waals surface area (Å²) in [6.45, 7) is 1.93. The Hall–Kier alpha value is -2.82. The third-order valence-corrected chi connectivity index (χ3v) is 6.71. The van der Waals surface area contributed by atoms with Crippen molar-refractivity contribution in [2.75, 3.05) is 32.1 Å². The van der Waals surface area contributed by atoms with Crippen molar-refractivity contribution in [3.63, 3.8) is 0 Å². The number of rotatable bonds is 6. The summed E-state index contributed by atoms with van der Waals surface area (Å²) < 4.78 is 0. The second-order valence-corrected chi connectivity index (χ2v) is 9.12. The maximum atomic E-state index is 11.1. The van der Waals surface area contributed by atoms with Crippen molar-refractivity contribution in [1.29, 1.82) is 0 Å². The largest absolute Gasteiger partial charge is 0.478 e. The Morgan fingerprint density at radius 1 is 0.969 bits per heavy atom. The second kappa shape index (κ2) is 9.76. The zero-order chi connectivity index (χ0) is 22.7. The third-order valence-electron chi connectivity index (χ3n) is 6.46. The van der Waals surface area contributed by atoms with Gasteiger partial charge >= 0.3 is 5.97 Å². The number of carbonyl (C=O) groups is 1. The molecular formula is C27H29ClN2O2. The van der Waals surface area contributed by atoms with E-state index in [-0.39, 0.29) is 0 Å². The van der Waals surface area contributed by atoms with E-state index in [0.29, 0.717) is 17.5 Å². The Morgan fingerprint density at radius 2 is 1.59 bits per heavy atom. The summed E-state index contributed by atoms with van der Waals surface area (Å²) in [5.41, 5.74) is 5.22. The zero-order valence-electron chi connectivity index (χ0n) is 18.5. The first kappa shape index (κ1) is 22.4. The molecule has 1 heterocycles. The minimum Gasteiger partial charge on any atom is -0.478 e. The molecular weight excluding hydrogens is 420 g/mol. The first-order valence-electron chi connectivity index (χ1n) is 11.0. The highest BCUT2D eigenvalue weighted by molar-refractivity contribution is 6.30. The van der Waals surface area contributed by atoms with Crippen molar-refractivity contribution in [2.24, 2.45) is 5.92 Å². The summed E-state index contributed by atoms with van der Waals surface area (Å²) >= 11 is 6.12. The fourth-order valence-electron chi connectivity index (χ4n) is 4.89. The van der Waals surface area contributed by atoms with Crippen LogP contribution < -0.4 is 4.90 Å². The lowest BCUT2D eigenvalue weighted by Crippen LogP contribution is -2.39. The zero-order valence-corrected chi connectivity index (χ0v) is 19.3. The summed E-state index contributed by atoms with van der Waals surface area (Å²) in [4.78, 5) is 15.8. The molecule has 0 unspecified atom stereocenters. The van der Waals surface area contributed by atoms with Crippen molar-refractivity contribution in [3.05, 3.63) is 88.9 Å². The lowest BCUT2D eigenvalue weighted by atomic mass is 9.81. The lowest BCUT2D eigenvalue weighted by Gasteiger charge is -2.40. The molecule has 0 amide bonds. The van der Waals surface area contributed by atoms with Crippen LogP contribution in [0.5, 0.6) is 0 Å². The minimum absolute atomic E-state index is 0.318. The van der Waals surface area contributed by atoms with E-state index in [0.717, 1.165) is 36.6 Å². The van der Waals surface area contributed by atoms with E-state index in [4.69, 9.17) is 16.7 Å². The second-order valence-electron chi connectivity index (χ2n) is 8.68. The van der Waals surface area contributed by atoms with Gasteiger partial charge in [-0.15, -0.1) is 0 Å². The number of benzene rings is 3. The molecule has 3 aromatic rings. The van der Waals surface area contributed by atoms with Gasteiger partial charge in [0, 0.05) is 29.8 Å². The van der Waals surface area contributed by atoms with Gasteiger partial charge in [-0.3, -0.25) is 0 Å². The lowest BCUT2D eigenvalue weighted by molar-refractivity contribution is 0.0697. The fraction of sp³-hybridized carbons (Fsp3) is 0.296. The number of carboxylic acid groups (broad SMARTS) is 1. The SMILES string of the molecule is CN(C)[C@@H](c1ccccc1-c1ccc(Cl)cc1)C1CCN(c2ccc(C(=O)O)cc2)CC1. The average Bonchev–Trinajstić information content (AvgIpc) is 2.80. The van der Waals surface area contributed by atoms with Gasteiger partial charge in [0.05, 0.1) is 5.56 Å². The number of aromatic carboxylic acids is 1. The van der Waals surface area contributed by atoms with Crippen LogP contribution in [0, 0.1) is 5.92 Å². The number of nitrogens with zero attached hydrogens (tertiary/aromatic N) is 2. The highest BCUT2D eigenvalue weighted by Gasteiger charge is 2.30. The van der Waals surface area contributed by atoms with Crippen LogP contribution in [0.3, 0.4) is 0 Å². The maximum absolute atomic E-state index is 11.1. The Kier molecular flexibility index (Phi) is 6.83. The molecule has 1 saturated heterocycles. The van der Waals surface area contributed by atoms with E-state index in [2.05, 4.69) is 60.3 Å². The molecule has 4 rings (SSSR count). The molecule has 0 bridgehead atoms. The Balaban J connectivity index is 1.54. The molecule has 1 aliphatic heterocycles. The van der Waals surface area contributed by atoms with Crippen molar-refractivity contribution < 1.29 is 9.90 Å². The Labute approximate surface area is 195 Å². The van der Waals surface area contributed by atoms with Gasteiger partial charge in [0.25, 0.3) is 0 Å². The molecule has 0 spiro atoms. The number of piperidine rings is 1. The Bertz CT molecular complexity index is 1060. The van der Waals surface area contributed by atoms with Crippen LogP contribution in [0.4, 0.5) is 5.69 Å². The van der Waals surface area contributed by atoms with Crippen molar-refractivity contribution in [3.8, 4) is 11.1 Å². The van der Waals surface area contributed by atoms with Crippen LogP contribution in [-0.4, -0.2) is 43.2 Å². The fourth-order valence-corrected chi connectivity index (χ4v) is 5.02. The van der Waals surface area contributed by atoms with Gasteiger partial charge in [0.1, 0.15) is 0 Å².